The van der Waals surface area contributed by atoms with Crippen molar-refractivity contribution in [2.75, 3.05) is 0 Å². The van der Waals surface area contributed by atoms with E-state index in [4.69, 9.17) is 9.47 Å². The Morgan fingerprint density at radius 2 is 1.24 bits per heavy atom. The average Bonchev–Trinajstić information content (AvgIpc) is 2.88. The largest absolute Gasteiger partial charge is 0.460 e. The van der Waals surface area contributed by atoms with E-state index >= 15 is 0 Å². The smallest absolute Gasteiger partial charge is 0.324 e. The standard InChI is InChI=1S/C32H37NO4/c1-5-15-28(30(34)37-32(2,3)4)29(31(35)36-24-27-20-13-8-14-21-27)33(22-25-16-9-6-10-17-25)23-26-18-11-7-12-19-26/h5-14,16-21,28-29H,1,15,22-24H2,2-4H3/t28?,29-/m1/s1. The molecule has 3 aromatic carbocycles. The predicted octanol–water partition coefficient (Wildman–Crippen LogP) is 6.33. The SMILES string of the molecule is C=CCC(C(=O)OC(C)(C)C)[C@H](C(=O)OCc1ccccc1)N(Cc1ccccc1)Cc1ccccc1. The van der Waals surface area contributed by atoms with Gasteiger partial charge in [0.1, 0.15) is 18.2 Å². The van der Waals surface area contributed by atoms with Crippen LogP contribution in [0, 0.1) is 5.92 Å². The summed E-state index contributed by atoms with van der Waals surface area (Å²) in [7, 11) is 0. The second kappa shape index (κ2) is 13.6. The first-order valence-electron chi connectivity index (χ1n) is 12.6. The Morgan fingerprint density at radius 1 is 0.784 bits per heavy atom. The summed E-state index contributed by atoms with van der Waals surface area (Å²) in [6.45, 7) is 10.4. The van der Waals surface area contributed by atoms with E-state index < -0.39 is 29.5 Å². The third kappa shape index (κ3) is 9.03. The monoisotopic (exact) mass is 499 g/mol. The Hall–Kier alpha value is -3.70. The Labute approximate surface area is 220 Å². The van der Waals surface area contributed by atoms with Gasteiger partial charge in [0.25, 0.3) is 0 Å². The van der Waals surface area contributed by atoms with Crippen LogP contribution < -0.4 is 0 Å². The van der Waals surface area contributed by atoms with Crippen molar-refractivity contribution in [2.45, 2.75) is 58.5 Å². The van der Waals surface area contributed by atoms with E-state index in [9.17, 15) is 9.59 Å². The zero-order valence-corrected chi connectivity index (χ0v) is 22.0. The lowest BCUT2D eigenvalue weighted by Crippen LogP contribution is -2.50. The number of carbonyl (C=O) groups excluding carboxylic acids is 2. The number of esters is 2. The maximum absolute atomic E-state index is 13.8. The third-order valence-electron chi connectivity index (χ3n) is 5.83. The predicted molar refractivity (Wildman–Crippen MR) is 146 cm³/mol. The number of ether oxygens (including phenoxy) is 2. The number of nitrogens with zero attached hydrogens (tertiary/aromatic N) is 1. The zero-order chi connectivity index (χ0) is 26.7. The van der Waals surface area contributed by atoms with Crippen LogP contribution in [0.25, 0.3) is 0 Å². The van der Waals surface area contributed by atoms with Gasteiger partial charge in [-0.05, 0) is 43.9 Å². The molecular weight excluding hydrogens is 462 g/mol. The van der Waals surface area contributed by atoms with Crippen LogP contribution in [0.5, 0.6) is 0 Å². The van der Waals surface area contributed by atoms with Crippen LogP contribution in [0.1, 0.15) is 43.9 Å². The molecule has 0 saturated heterocycles. The average molecular weight is 500 g/mol. The van der Waals surface area contributed by atoms with Crippen LogP contribution in [0.2, 0.25) is 0 Å². The zero-order valence-electron chi connectivity index (χ0n) is 22.0. The fraction of sp³-hybridized carbons (Fsp3) is 0.312. The van der Waals surface area contributed by atoms with Crippen molar-refractivity contribution in [3.8, 4) is 0 Å². The number of rotatable bonds is 12. The van der Waals surface area contributed by atoms with Crippen molar-refractivity contribution in [2.24, 2.45) is 5.92 Å². The minimum Gasteiger partial charge on any atom is -0.460 e. The molecule has 0 bridgehead atoms. The minimum atomic E-state index is -0.878. The van der Waals surface area contributed by atoms with E-state index in [0.717, 1.165) is 16.7 Å². The topological polar surface area (TPSA) is 55.8 Å². The molecule has 37 heavy (non-hydrogen) atoms. The van der Waals surface area contributed by atoms with Gasteiger partial charge in [0.15, 0.2) is 0 Å². The van der Waals surface area contributed by atoms with E-state index in [1.165, 1.54) is 0 Å². The van der Waals surface area contributed by atoms with Gasteiger partial charge in [-0.1, -0.05) is 97.1 Å². The number of benzene rings is 3. The van der Waals surface area contributed by atoms with Crippen molar-refractivity contribution in [1.82, 2.24) is 4.90 Å². The molecule has 1 unspecified atom stereocenters. The Kier molecular flexibility index (Phi) is 10.2. The summed E-state index contributed by atoms with van der Waals surface area (Å²) >= 11 is 0. The molecule has 0 aliphatic heterocycles. The highest BCUT2D eigenvalue weighted by Crippen LogP contribution is 2.26. The molecule has 5 nitrogen and oxygen atoms in total. The van der Waals surface area contributed by atoms with Gasteiger partial charge < -0.3 is 9.47 Å². The molecule has 0 aromatic heterocycles. The molecule has 0 amide bonds. The molecule has 0 saturated carbocycles. The number of hydrogen-bond acceptors (Lipinski definition) is 5. The normalized spacial score (nSPS) is 13.0. The maximum atomic E-state index is 13.8. The van der Waals surface area contributed by atoms with E-state index in [2.05, 4.69) is 6.58 Å². The summed E-state index contributed by atoms with van der Waals surface area (Å²) < 4.78 is 11.6. The van der Waals surface area contributed by atoms with Gasteiger partial charge in [-0.2, -0.15) is 0 Å². The first-order valence-corrected chi connectivity index (χ1v) is 12.6. The van der Waals surface area contributed by atoms with Crippen LogP contribution in [-0.4, -0.2) is 28.5 Å². The molecule has 2 atom stereocenters. The van der Waals surface area contributed by atoms with Gasteiger partial charge in [-0.15, -0.1) is 6.58 Å². The minimum absolute atomic E-state index is 0.121. The molecule has 0 N–H and O–H groups in total. The Balaban J connectivity index is 2.00. The summed E-state index contributed by atoms with van der Waals surface area (Å²) in [5.41, 5.74) is 2.24. The lowest BCUT2D eigenvalue weighted by Gasteiger charge is -2.35. The van der Waals surface area contributed by atoms with Gasteiger partial charge in [-0.25, -0.2) is 0 Å². The molecule has 0 spiro atoms. The Morgan fingerprint density at radius 3 is 1.68 bits per heavy atom. The molecule has 3 aromatic rings. The molecule has 0 aliphatic carbocycles. The summed E-state index contributed by atoms with van der Waals surface area (Å²) in [5.74, 6) is -1.69. The highest BCUT2D eigenvalue weighted by atomic mass is 16.6. The van der Waals surface area contributed by atoms with Crippen molar-refractivity contribution < 1.29 is 19.1 Å². The van der Waals surface area contributed by atoms with Gasteiger partial charge >= 0.3 is 11.9 Å². The van der Waals surface area contributed by atoms with Gasteiger partial charge in [-0.3, -0.25) is 14.5 Å². The lowest BCUT2D eigenvalue weighted by atomic mass is 9.93. The molecule has 0 radical (unpaired) electrons. The quantitative estimate of drug-likeness (QED) is 0.215. The maximum Gasteiger partial charge on any atom is 0.324 e. The Bertz CT molecular complexity index is 1080. The third-order valence-corrected chi connectivity index (χ3v) is 5.83. The number of allylic oxidation sites excluding steroid dienone is 1. The fourth-order valence-electron chi connectivity index (χ4n) is 4.18. The van der Waals surface area contributed by atoms with E-state index in [1.54, 1.807) is 6.08 Å². The first-order chi connectivity index (χ1) is 17.8. The van der Waals surface area contributed by atoms with Crippen LogP contribution in [0.15, 0.2) is 104 Å². The summed E-state index contributed by atoms with van der Waals surface area (Å²) in [6, 6.07) is 28.5. The molecular formula is C32H37NO4. The summed E-state index contributed by atoms with van der Waals surface area (Å²) in [6.07, 6.45) is 1.94. The van der Waals surface area contributed by atoms with E-state index in [0.29, 0.717) is 13.1 Å². The molecule has 0 aliphatic rings. The highest BCUT2D eigenvalue weighted by molar-refractivity contribution is 5.85. The van der Waals surface area contributed by atoms with Crippen LogP contribution in [0.4, 0.5) is 0 Å². The van der Waals surface area contributed by atoms with Gasteiger partial charge in [0.2, 0.25) is 0 Å². The lowest BCUT2D eigenvalue weighted by molar-refractivity contribution is -0.170. The van der Waals surface area contributed by atoms with Crippen molar-refractivity contribution in [3.63, 3.8) is 0 Å². The van der Waals surface area contributed by atoms with Crippen LogP contribution in [0.3, 0.4) is 0 Å². The second-order valence-electron chi connectivity index (χ2n) is 10.1. The van der Waals surface area contributed by atoms with Crippen molar-refractivity contribution in [3.05, 3.63) is 120 Å². The fourth-order valence-corrected chi connectivity index (χ4v) is 4.18. The second-order valence-corrected chi connectivity index (χ2v) is 10.1. The van der Waals surface area contributed by atoms with E-state index in [1.807, 2.05) is 117 Å². The van der Waals surface area contributed by atoms with Gasteiger partial charge in [0.05, 0.1) is 5.92 Å². The summed E-state index contributed by atoms with van der Waals surface area (Å²) in [5, 5.41) is 0. The first kappa shape index (κ1) is 27.9. The van der Waals surface area contributed by atoms with Crippen molar-refractivity contribution >= 4 is 11.9 Å². The molecule has 3 rings (SSSR count). The molecule has 0 heterocycles. The highest BCUT2D eigenvalue weighted by Gasteiger charge is 2.41. The van der Waals surface area contributed by atoms with E-state index in [-0.39, 0.29) is 13.0 Å². The van der Waals surface area contributed by atoms with Crippen molar-refractivity contribution in [1.29, 1.82) is 0 Å². The molecule has 194 valence electrons. The summed E-state index contributed by atoms with van der Waals surface area (Å²) in [4.78, 5) is 29.3. The van der Waals surface area contributed by atoms with Crippen LogP contribution in [-0.2, 0) is 38.8 Å². The van der Waals surface area contributed by atoms with Crippen LogP contribution >= 0.6 is 0 Å². The number of carbonyl (C=O) groups is 2. The number of hydrogen-bond donors (Lipinski definition) is 0. The molecule has 0 fully saturated rings. The van der Waals surface area contributed by atoms with Gasteiger partial charge in [0, 0.05) is 13.1 Å². The molecule has 5 heteroatoms.